The lowest BCUT2D eigenvalue weighted by Crippen LogP contribution is -2.55. The molecule has 1 fully saturated rings. The third-order valence-corrected chi connectivity index (χ3v) is 5.77. The minimum absolute atomic E-state index is 0.0649. The molecule has 4 N–H and O–H groups in total. The molecule has 1 aromatic rings. The SMILES string of the molecule is CCCCNC(=O)C(c1cccc(C)c1O)N(C(=O)C(CO)NC(=O)OC(C)(C)C)C1CC1C. The van der Waals surface area contributed by atoms with Crippen molar-refractivity contribution in [1.82, 2.24) is 15.5 Å². The van der Waals surface area contributed by atoms with Gasteiger partial charge in [0.05, 0.1) is 6.61 Å². The van der Waals surface area contributed by atoms with Gasteiger partial charge in [-0.1, -0.05) is 38.5 Å². The summed E-state index contributed by atoms with van der Waals surface area (Å²) in [4.78, 5) is 40.8. The van der Waals surface area contributed by atoms with E-state index in [2.05, 4.69) is 10.6 Å². The number of aryl methyl sites for hydroxylation is 1. The Morgan fingerprint density at radius 1 is 1.26 bits per heavy atom. The van der Waals surface area contributed by atoms with Crippen LogP contribution in [-0.2, 0) is 14.3 Å². The molecule has 4 unspecified atom stereocenters. The number of hydrogen-bond donors (Lipinski definition) is 4. The Bertz CT molecular complexity index is 882. The van der Waals surface area contributed by atoms with Gasteiger partial charge in [0.2, 0.25) is 11.8 Å². The molecule has 2 rings (SSSR count). The first-order chi connectivity index (χ1) is 15.9. The lowest BCUT2D eigenvalue weighted by atomic mass is 9.99. The molecule has 0 saturated heterocycles. The van der Waals surface area contributed by atoms with Crippen LogP contribution >= 0.6 is 0 Å². The summed E-state index contributed by atoms with van der Waals surface area (Å²) < 4.78 is 5.24. The zero-order chi connectivity index (χ0) is 25.6. The Hall–Kier alpha value is -2.81. The highest BCUT2D eigenvalue weighted by Crippen LogP contribution is 2.42. The van der Waals surface area contributed by atoms with E-state index in [1.807, 2.05) is 13.8 Å². The number of nitrogens with one attached hydrogen (secondary N) is 2. The van der Waals surface area contributed by atoms with Gasteiger partial charge >= 0.3 is 6.09 Å². The van der Waals surface area contributed by atoms with Crippen LogP contribution in [0.15, 0.2) is 18.2 Å². The van der Waals surface area contributed by atoms with Crippen molar-refractivity contribution in [1.29, 1.82) is 0 Å². The molecule has 0 aromatic heterocycles. The molecule has 1 aliphatic rings. The molecule has 190 valence electrons. The maximum atomic E-state index is 13.7. The minimum atomic E-state index is -1.31. The maximum Gasteiger partial charge on any atom is 0.408 e. The van der Waals surface area contributed by atoms with Crippen molar-refractivity contribution < 1.29 is 29.3 Å². The second-order valence-electron chi connectivity index (χ2n) is 9.97. The number of hydrogen-bond acceptors (Lipinski definition) is 6. The van der Waals surface area contributed by atoms with Crippen LogP contribution in [0.1, 0.15) is 71.0 Å². The minimum Gasteiger partial charge on any atom is -0.507 e. The van der Waals surface area contributed by atoms with Gasteiger partial charge in [0.1, 0.15) is 23.4 Å². The van der Waals surface area contributed by atoms with E-state index in [4.69, 9.17) is 4.74 Å². The van der Waals surface area contributed by atoms with E-state index in [-0.39, 0.29) is 17.7 Å². The largest absolute Gasteiger partial charge is 0.507 e. The Labute approximate surface area is 201 Å². The first-order valence-corrected chi connectivity index (χ1v) is 11.9. The fourth-order valence-corrected chi connectivity index (χ4v) is 3.79. The maximum absolute atomic E-state index is 13.7. The number of rotatable bonds is 10. The standard InChI is InChI=1S/C25H39N3O6/c1-7-8-12-26-22(31)20(17-11-9-10-15(2)21(17)30)28(19-13-16(19)3)23(32)18(14-29)27-24(33)34-25(4,5)6/h9-11,16,18-20,29-30H,7-8,12-14H2,1-6H3,(H,26,31)(H,27,33). The highest BCUT2D eigenvalue weighted by atomic mass is 16.6. The molecule has 0 aliphatic heterocycles. The predicted octanol–water partition coefficient (Wildman–Crippen LogP) is 2.78. The van der Waals surface area contributed by atoms with Crippen molar-refractivity contribution in [3.63, 3.8) is 0 Å². The molecule has 0 radical (unpaired) electrons. The molecule has 34 heavy (non-hydrogen) atoms. The van der Waals surface area contributed by atoms with Gasteiger partial charge in [-0.15, -0.1) is 0 Å². The first kappa shape index (κ1) is 27.4. The topological polar surface area (TPSA) is 128 Å². The molecule has 9 heteroatoms. The Morgan fingerprint density at radius 2 is 1.91 bits per heavy atom. The van der Waals surface area contributed by atoms with Crippen LogP contribution in [0.5, 0.6) is 5.75 Å². The molecule has 0 bridgehead atoms. The van der Waals surface area contributed by atoms with Crippen LogP contribution in [0.25, 0.3) is 0 Å². The third kappa shape index (κ3) is 7.09. The summed E-state index contributed by atoms with van der Waals surface area (Å²) >= 11 is 0. The average Bonchev–Trinajstić information content (AvgIpc) is 3.46. The van der Waals surface area contributed by atoms with Crippen LogP contribution in [0.2, 0.25) is 0 Å². The number of alkyl carbamates (subject to hydrolysis) is 1. The number of unbranched alkanes of at least 4 members (excludes halogenated alkanes) is 1. The summed E-state index contributed by atoms with van der Waals surface area (Å²) in [6, 6.07) is 2.36. The van der Waals surface area contributed by atoms with Crippen molar-refractivity contribution in [2.75, 3.05) is 13.2 Å². The van der Waals surface area contributed by atoms with E-state index in [9.17, 15) is 24.6 Å². The summed E-state index contributed by atoms with van der Waals surface area (Å²) in [6.07, 6.45) is 1.48. The number of phenolic OH excluding ortho intramolecular Hbond substituents is 1. The summed E-state index contributed by atoms with van der Waals surface area (Å²) in [5.41, 5.74) is 0.0912. The number of amides is 3. The van der Waals surface area contributed by atoms with E-state index in [1.165, 1.54) is 4.90 Å². The zero-order valence-corrected chi connectivity index (χ0v) is 21.1. The van der Waals surface area contributed by atoms with Gasteiger partial charge in [0, 0.05) is 18.2 Å². The molecular weight excluding hydrogens is 438 g/mol. The van der Waals surface area contributed by atoms with E-state index in [0.717, 1.165) is 12.8 Å². The molecule has 1 aromatic carbocycles. The van der Waals surface area contributed by atoms with E-state index in [1.54, 1.807) is 45.9 Å². The van der Waals surface area contributed by atoms with Gasteiger partial charge in [-0.2, -0.15) is 0 Å². The number of aromatic hydroxyl groups is 1. The lowest BCUT2D eigenvalue weighted by molar-refractivity contribution is -0.144. The lowest BCUT2D eigenvalue weighted by Gasteiger charge is -2.35. The highest BCUT2D eigenvalue weighted by Gasteiger charge is 2.48. The van der Waals surface area contributed by atoms with Gasteiger partial charge in [-0.05, 0) is 52.0 Å². The predicted molar refractivity (Wildman–Crippen MR) is 128 cm³/mol. The summed E-state index contributed by atoms with van der Waals surface area (Å²) in [7, 11) is 0. The number of ether oxygens (including phenoxy) is 1. The average molecular weight is 478 g/mol. The van der Waals surface area contributed by atoms with Gasteiger partial charge in [0.25, 0.3) is 0 Å². The monoisotopic (exact) mass is 477 g/mol. The van der Waals surface area contributed by atoms with Crippen molar-refractivity contribution >= 4 is 17.9 Å². The van der Waals surface area contributed by atoms with Crippen molar-refractivity contribution in [3.8, 4) is 5.75 Å². The fourth-order valence-electron chi connectivity index (χ4n) is 3.79. The molecule has 1 saturated carbocycles. The number of aliphatic hydroxyl groups is 1. The van der Waals surface area contributed by atoms with Gasteiger partial charge in [-0.25, -0.2) is 4.79 Å². The van der Waals surface area contributed by atoms with Crippen LogP contribution in [0.4, 0.5) is 4.79 Å². The summed E-state index contributed by atoms with van der Waals surface area (Å²) in [5.74, 6) is -0.970. The van der Waals surface area contributed by atoms with Crippen molar-refractivity contribution in [3.05, 3.63) is 29.3 Å². The molecule has 0 heterocycles. The number of phenols is 1. The molecule has 1 aliphatic carbocycles. The van der Waals surface area contributed by atoms with E-state index >= 15 is 0 Å². The van der Waals surface area contributed by atoms with Gasteiger partial charge in [0.15, 0.2) is 0 Å². The highest BCUT2D eigenvalue weighted by molar-refractivity contribution is 5.93. The normalized spacial score (nSPS) is 19.0. The Morgan fingerprint density at radius 3 is 2.44 bits per heavy atom. The van der Waals surface area contributed by atoms with E-state index in [0.29, 0.717) is 24.1 Å². The quantitative estimate of drug-likeness (QED) is 0.384. The van der Waals surface area contributed by atoms with Crippen LogP contribution in [0.3, 0.4) is 0 Å². The smallest absolute Gasteiger partial charge is 0.408 e. The van der Waals surface area contributed by atoms with Gasteiger partial charge < -0.3 is 30.5 Å². The number of benzene rings is 1. The second-order valence-corrected chi connectivity index (χ2v) is 9.97. The van der Waals surface area contributed by atoms with Gasteiger partial charge in [-0.3, -0.25) is 9.59 Å². The van der Waals surface area contributed by atoms with Crippen LogP contribution < -0.4 is 10.6 Å². The van der Waals surface area contributed by atoms with Crippen LogP contribution in [-0.4, -0.2) is 63.9 Å². The number of carbonyl (C=O) groups excluding carboxylic acids is 3. The fraction of sp³-hybridized carbons (Fsp3) is 0.640. The van der Waals surface area contributed by atoms with Crippen molar-refractivity contribution in [2.24, 2.45) is 5.92 Å². The second kappa shape index (κ2) is 11.6. The number of carbonyl (C=O) groups is 3. The molecular formula is C25H39N3O6. The molecule has 4 atom stereocenters. The van der Waals surface area contributed by atoms with Crippen LogP contribution in [0, 0.1) is 12.8 Å². The number of nitrogens with zero attached hydrogens (tertiary/aromatic N) is 1. The molecule has 9 nitrogen and oxygen atoms in total. The van der Waals surface area contributed by atoms with E-state index < -0.39 is 42.2 Å². The summed E-state index contributed by atoms with van der Waals surface area (Å²) in [5, 5.41) is 26.1. The Balaban J connectivity index is 2.44. The Kier molecular flexibility index (Phi) is 9.32. The van der Waals surface area contributed by atoms with Crippen molar-refractivity contribution in [2.45, 2.75) is 84.5 Å². The molecule has 3 amide bonds. The third-order valence-electron chi connectivity index (χ3n) is 5.77. The zero-order valence-electron chi connectivity index (χ0n) is 21.1. The first-order valence-electron chi connectivity index (χ1n) is 11.9. The number of para-hydroxylation sites is 1. The molecule has 0 spiro atoms. The number of aliphatic hydroxyl groups excluding tert-OH is 1. The summed E-state index contributed by atoms with van der Waals surface area (Å²) in [6.45, 7) is 10.5.